The van der Waals surface area contributed by atoms with E-state index in [1.165, 1.54) is 23.6 Å². The number of hydrogen-bond acceptors (Lipinski definition) is 6. The molecule has 3 heterocycles. The van der Waals surface area contributed by atoms with Gasteiger partial charge in [0.15, 0.2) is 16.5 Å². The molecule has 0 amide bonds. The Labute approximate surface area is 125 Å². The maximum absolute atomic E-state index is 12.6. The highest BCUT2D eigenvalue weighted by Gasteiger charge is 2.34. The van der Waals surface area contributed by atoms with Crippen LogP contribution < -0.4 is 0 Å². The molecule has 0 unspecified atom stereocenters. The minimum absolute atomic E-state index is 0.208. The third-order valence-electron chi connectivity index (χ3n) is 2.48. The van der Waals surface area contributed by atoms with Crippen LogP contribution in [0.2, 0.25) is 0 Å². The average Bonchev–Trinajstić information content (AvgIpc) is 3.07. The van der Waals surface area contributed by atoms with Gasteiger partial charge in [0.2, 0.25) is 0 Å². The Bertz CT molecular complexity index is 779. The second-order valence-corrected chi connectivity index (χ2v) is 5.81. The van der Waals surface area contributed by atoms with Gasteiger partial charge in [-0.3, -0.25) is 0 Å². The number of aromatic nitrogens is 4. The molecule has 0 saturated heterocycles. The Hall–Kier alpha value is -1.87. The van der Waals surface area contributed by atoms with E-state index >= 15 is 0 Å². The SMILES string of the molecule is Cc1csc(-c2nccc(-c3nc(C(F)(F)F)cs3)n2)n1. The molecule has 0 saturated carbocycles. The maximum Gasteiger partial charge on any atom is 0.434 e. The molecule has 0 aromatic carbocycles. The molecule has 21 heavy (non-hydrogen) atoms. The first-order valence-corrected chi connectivity index (χ1v) is 7.48. The summed E-state index contributed by atoms with van der Waals surface area (Å²) >= 11 is 2.28. The number of alkyl halides is 3. The third-order valence-corrected chi connectivity index (χ3v) is 4.30. The zero-order chi connectivity index (χ0) is 15.0. The average molecular weight is 328 g/mol. The second kappa shape index (κ2) is 5.15. The van der Waals surface area contributed by atoms with Crippen LogP contribution in [0.5, 0.6) is 0 Å². The Morgan fingerprint density at radius 3 is 2.38 bits per heavy atom. The number of rotatable bonds is 2. The van der Waals surface area contributed by atoms with Crippen molar-refractivity contribution in [2.24, 2.45) is 0 Å². The van der Waals surface area contributed by atoms with Gasteiger partial charge in [-0.25, -0.2) is 19.9 Å². The van der Waals surface area contributed by atoms with Gasteiger partial charge in [-0.15, -0.1) is 22.7 Å². The second-order valence-electron chi connectivity index (χ2n) is 4.10. The van der Waals surface area contributed by atoms with Crippen molar-refractivity contribution < 1.29 is 13.2 Å². The van der Waals surface area contributed by atoms with Gasteiger partial charge in [-0.1, -0.05) is 0 Å². The van der Waals surface area contributed by atoms with Crippen molar-refractivity contribution in [1.82, 2.24) is 19.9 Å². The Morgan fingerprint density at radius 1 is 1.00 bits per heavy atom. The molecular weight excluding hydrogens is 321 g/mol. The molecule has 0 bridgehead atoms. The van der Waals surface area contributed by atoms with Crippen molar-refractivity contribution >= 4 is 22.7 Å². The summed E-state index contributed by atoms with van der Waals surface area (Å²) < 4.78 is 37.7. The van der Waals surface area contributed by atoms with Crippen molar-refractivity contribution in [3.63, 3.8) is 0 Å². The minimum atomic E-state index is -4.45. The van der Waals surface area contributed by atoms with Crippen molar-refractivity contribution in [1.29, 1.82) is 0 Å². The van der Waals surface area contributed by atoms with E-state index < -0.39 is 11.9 Å². The smallest absolute Gasteiger partial charge is 0.238 e. The van der Waals surface area contributed by atoms with Crippen LogP contribution in [0, 0.1) is 6.92 Å². The summed E-state index contributed by atoms with van der Waals surface area (Å²) in [6.45, 7) is 1.85. The van der Waals surface area contributed by atoms with Crippen molar-refractivity contribution in [2.75, 3.05) is 0 Å². The standard InChI is InChI=1S/C12H7F3N4S2/c1-6-4-20-11(17-6)9-16-3-2-7(18-9)10-19-8(5-21-10)12(13,14)15/h2-5H,1H3. The summed E-state index contributed by atoms with van der Waals surface area (Å²) in [5.74, 6) is 0.384. The zero-order valence-electron chi connectivity index (χ0n) is 10.5. The van der Waals surface area contributed by atoms with E-state index in [0.717, 1.165) is 22.4 Å². The van der Waals surface area contributed by atoms with Gasteiger partial charge in [0.05, 0.1) is 0 Å². The van der Waals surface area contributed by atoms with Gasteiger partial charge in [-0.05, 0) is 13.0 Å². The topological polar surface area (TPSA) is 51.6 Å². The van der Waals surface area contributed by atoms with Crippen LogP contribution in [-0.4, -0.2) is 19.9 Å². The molecular formula is C12H7F3N4S2. The van der Waals surface area contributed by atoms with Gasteiger partial charge in [0.1, 0.15) is 10.7 Å². The lowest BCUT2D eigenvalue weighted by atomic mass is 10.4. The molecule has 0 aliphatic rings. The molecule has 0 aliphatic heterocycles. The van der Waals surface area contributed by atoms with Gasteiger partial charge in [0, 0.05) is 22.7 Å². The number of nitrogens with zero attached hydrogens (tertiary/aromatic N) is 4. The molecule has 0 spiro atoms. The van der Waals surface area contributed by atoms with Crippen molar-refractivity contribution in [3.05, 3.63) is 34.4 Å². The molecule has 3 aromatic rings. The van der Waals surface area contributed by atoms with Crippen LogP contribution in [-0.2, 0) is 6.18 Å². The molecule has 108 valence electrons. The van der Waals surface area contributed by atoms with E-state index in [4.69, 9.17) is 0 Å². The largest absolute Gasteiger partial charge is 0.434 e. The van der Waals surface area contributed by atoms with Crippen LogP contribution in [0.4, 0.5) is 13.2 Å². The first kappa shape index (κ1) is 14.1. The summed E-state index contributed by atoms with van der Waals surface area (Å²) in [6, 6.07) is 1.53. The van der Waals surface area contributed by atoms with Crippen LogP contribution in [0.1, 0.15) is 11.4 Å². The lowest BCUT2D eigenvalue weighted by Gasteiger charge is -2.00. The van der Waals surface area contributed by atoms with Gasteiger partial charge >= 0.3 is 6.18 Å². The summed E-state index contributed by atoms with van der Waals surface area (Å²) in [4.78, 5) is 16.2. The lowest BCUT2D eigenvalue weighted by molar-refractivity contribution is -0.140. The van der Waals surface area contributed by atoms with E-state index in [-0.39, 0.29) is 5.01 Å². The first-order chi connectivity index (χ1) is 9.93. The molecule has 9 heteroatoms. The van der Waals surface area contributed by atoms with E-state index in [1.807, 2.05) is 12.3 Å². The fraction of sp³-hybridized carbons (Fsp3) is 0.167. The lowest BCUT2D eigenvalue weighted by Crippen LogP contribution is -2.05. The fourth-order valence-electron chi connectivity index (χ4n) is 1.56. The van der Waals surface area contributed by atoms with Crippen LogP contribution in [0.25, 0.3) is 21.5 Å². The highest BCUT2D eigenvalue weighted by Crippen LogP contribution is 2.33. The van der Waals surface area contributed by atoms with Gasteiger partial charge < -0.3 is 0 Å². The molecule has 0 N–H and O–H groups in total. The van der Waals surface area contributed by atoms with Crippen molar-refractivity contribution in [2.45, 2.75) is 13.1 Å². The van der Waals surface area contributed by atoms with Gasteiger partial charge in [0.25, 0.3) is 0 Å². The van der Waals surface area contributed by atoms with Gasteiger partial charge in [-0.2, -0.15) is 13.2 Å². The first-order valence-electron chi connectivity index (χ1n) is 5.72. The van der Waals surface area contributed by atoms with Crippen molar-refractivity contribution in [3.8, 4) is 21.5 Å². The van der Waals surface area contributed by atoms with E-state index in [1.54, 1.807) is 0 Å². The van der Waals surface area contributed by atoms with Crippen LogP contribution in [0.3, 0.4) is 0 Å². The highest BCUT2D eigenvalue weighted by atomic mass is 32.1. The number of halogens is 3. The minimum Gasteiger partial charge on any atom is -0.238 e. The molecule has 0 radical (unpaired) electrons. The molecule has 0 atom stereocenters. The Balaban J connectivity index is 1.98. The van der Waals surface area contributed by atoms with E-state index in [2.05, 4.69) is 19.9 Å². The summed E-state index contributed by atoms with van der Waals surface area (Å²) in [6.07, 6.45) is -2.96. The third kappa shape index (κ3) is 2.93. The Morgan fingerprint density at radius 2 is 1.76 bits per heavy atom. The van der Waals surface area contributed by atoms with E-state index in [0.29, 0.717) is 16.5 Å². The summed E-state index contributed by atoms with van der Waals surface area (Å²) in [5.41, 5.74) is 0.290. The normalized spacial score (nSPS) is 11.8. The number of aryl methyl sites for hydroxylation is 1. The zero-order valence-corrected chi connectivity index (χ0v) is 12.2. The molecule has 0 aliphatic carbocycles. The highest BCUT2D eigenvalue weighted by molar-refractivity contribution is 7.13. The number of thiazole rings is 2. The predicted octanol–water partition coefficient (Wildman–Crippen LogP) is 4.05. The summed E-state index contributed by atoms with van der Waals surface area (Å²) in [7, 11) is 0. The monoisotopic (exact) mass is 328 g/mol. The fourth-order valence-corrected chi connectivity index (χ4v) is 3.09. The van der Waals surface area contributed by atoms with E-state index in [9.17, 15) is 13.2 Å². The molecule has 0 fully saturated rings. The maximum atomic E-state index is 12.6. The van der Waals surface area contributed by atoms with Crippen LogP contribution in [0.15, 0.2) is 23.0 Å². The van der Waals surface area contributed by atoms with Crippen LogP contribution >= 0.6 is 22.7 Å². The summed E-state index contributed by atoms with van der Waals surface area (Å²) in [5, 5.41) is 3.67. The molecule has 4 nitrogen and oxygen atoms in total. The molecule has 3 aromatic heterocycles. The Kier molecular flexibility index (Phi) is 3.46. The number of hydrogen-bond donors (Lipinski definition) is 0. The molecule has 3 rings (SSSR count). The quantitative estimate of drug-likeness (QED) is 0.712. The predicted molar refractivity (Wildman–Crippen MR) is 74.0 cm³/mol.